The van der Waals surface area contributed by atoms with E-state index < -0.39 is 7.32 Å². The first-order chi connectivity index (χ1) is 5.68. The number of halogens is 1. The average molecular weight is 170 g/mol. The Morgan fingerprint density at radius 1 is 1.25 bits per heavy atom. The van der Waals surface area contributed by atoms with Gasteiger partial charge in [-0.2, -0.15) is 0 Å². The van der Waals surface area contributed by atoms with Crippen molar-refractivity contribution in [1.82, 2.24) is 0 Å². The van der Waals surface area contributed by atoms with Crippen molar-refractivity contribution in [1.29, 1.82) is 0 Å². The number of rotatable bonds is 3. The molecule has 2 N–H and O–H groups in total. The molecule has 0 aromatic heterocycles. The lowest BCUT2D eigenvalue weighted by Crippen LogP contribution is -2.16. The lowest BCUT2D eigenvalue weighted by atomic mass is 10.2. The fourth-order valence-electron chi connectivity index (χ4n) is 0.751. The van der Waals surface area contributed by atoms with Crippen molar-refractivity contribution in [3.8, 4) is 0 Å². The lowest BCUT2D eigenvalue weighted by Gasteiger charge is -2.01. The van der Waals surface area contributed by atoms with Crippen molar-refractivity contribution in [2.24, 2.45) is 0 Å². The van der Waals surface area contributed by atoms with E-state index in [1.54, 1.807) is 0 Å². The minimum atomic E-state index is -1.78. The van der Waals surface area contributed by atoms with Crippen LogP contribution < -0.4 is 0 Å². The largest absolute Gasteiger partial charge is 0.634 e. The summed E-state index contributed by atoms with van der Waals surface area (Å²) in [5.41, 5.74) is 0.685. The maximum absolute atomic E-state index is 12.3. The van der Waals surface area contributed by atoms with Gasteiger partial charge in [0.25, 0.3) is 0 Å². The molecule has 0 bridgehead atoms. The summed E-state index contributed by atoms with van der Waals surface area (Å²) in [6, 6.07) is 5.58. The zero-order valence-electron chi connectivity index (χ0n) is 6.27. The van der Waals surface area contributed by atoms with E-state index >= 15 is 0 Å². The van der Waals surface area contributed by atoms with Gasteiger partial charge >= 0.3 is 7.32 Å². The first-order valence-electron chi connectivity index (χ1n) is 3.40. The average Bonchev–Trinajstić information content (AvgIpc) is 2.03. The summed E-state index contributed by atoms with van der Waals surface area (Å²) in [5, 5.41) is 16.7. The van der Waals surface area contributed by atoms with Gasteiger partial charge in [0.2, 0.25) is 0 Å². The summed E-state index contributed by atoms with van der Waals surface area (Å²) < 4.78 is 16.8. The maximum atomic E-state index is 12.3. The first kappa shape index (κ1) is 9.19. The van der Waals surface area contributed by atoms with Crippen LogP contribution in [-0.2, 0) is 11.3 Å². The molecule has 0 aliphatic rings. The Morgan fingerprint density at radius 2 is 1.83 bits per heavy atom. The minimum Gasteiger partial charge on any atom is -0.402 e. The second kappa shape index (κ2) is 4.20. The summed E-state index contributed by atoms with van der Waals surface area (Å²) in [6.07, 6.45) is 0. The van der Waals surface area contributed by atoms with Crippen LogP contribution in [0.25, 0.3) is 0 Å². The molecule has 1 aromatic rings. The molecule has 0 aliphatic heterocycles. The van der Waals surface area contributed by atoms with Gasteiger partial charge in [0, 0.05) is 0 Å². The molecule has 0 spiro atoms. The Morgan fingerprint density at radius 3 is 2.33 bits per heavy atom. The predicted molar refractivity (Wildman–Crippen MR) is 41.4 cm³/mol. The molecule has 0 unspecified atom stereocenters. The fourth-order valence-corrected chi connectivity index (χ4v) is 0.751. The van der Waals surface area contributed by atoms with E-state index in [1.807, 2.05) is 0 Å². The Balaban J connectivity index is 2.48. The highest BCUT2D eigenvalue weighted by Crippen LogP contribution is 2.03. The first-order valence-corrected chi connectivity index (χ1v) is 3.40. The molecule has 0 saturated carbocycles. The van der Waals surface area contributed by atoms with Crippen molar-refractivity contribution in [2.45, 2.75) is 6.61 Å². The summed E-state index contributed by atoms with van der Waals surface area (Å²) >= 11 is 0. The van der Waals surface area contributed by atoms with Crippen LogP contribution in [0.4, 0.5) is 4.39 Å². The van der Waals surface area contributed by atoms with Crippen LogP contribution >= 0.6 is 0 Å². The molecule has 0 radical (unpaired) electrons. The molecule has 5 heteroatoms. The van der Waals surface area contributed by atoms with E-state index in [9.17, 15) is 4.39 Å². The van der Waals surface area contributed by atoms with Crippen LogP contribution in [0.5, 0.6) is 0 Å². The number of hydrogen-bond acceptors (Lipinski definition) is 3. The Kier molecular flexibility index (Phi) is 3.22. The summed E-state index contributed by atoms with van der Waals surface area (Å²) in [6.45, 7) is 0.0535. The molecule has 3 nitrogen and oxygen atoms in total. The van der Waals surface area contributed by atoms with E-state index in [0.717, 1.165) is 0 Å². The molecule has 0 heterocycles. The van der Waals surface area contributed by atoms with Gasteiger partial charge in [-0.15, -0.1) is 0 Å². The Labute approximate surface area is 69.6 Å². The van der Waals surface area contributed by atoms with Crippen LogP contribution in [0.1, 0.15) is 5.56 Å². The molecular weight excluding hydrogens is 162 g/mol. The van der Waals surface area contributed by atoms with Gasteiger partial charge in [0.15, 0.2) is 0 Å². The maximum Gasteiger partial charge on any atom is 0.634 e. The molecule has 0 fully saturated rings. The molecule has 0 aliphatic carbocycles. The summed E-state index contributed by atoms with van der Waals surface area (Å²) in [7, 11) is -1.78. The molecule has 64 valence electrons. The van der Waals surface area contributed by atoms with Crippen LogP contribution in [0.3, 0.4) is 0 Å². The van der Waals surface area contributed by atoms with Crippen molar-refractivity contribution >= 4 is 7.32 Å². The van der Waals surface area contributed by atoms with Crippen molar-refractivity contribution in [2.75, 3.05) is 0 Å². The highest BCUT2D eigenvalue weighted by molar-refractivity contribution is 6.32. The Hall–Kier alpha value is -0.905. The third kappa shape index (κ3) is 3.00. The van der Waals surface area contributed by atoms with E-state index in [-0.39, 0.29) is 12.4 Å². The second-order valence-corrected chi connectivity index (χ2v) is 2.26. The number of benzene rings is 1. The molecule has 1 aromatic carbocycles. The van der Waals surface area contributed by atoms with Crippen LogP contribution in [0, 0.1) is 5.82 Å². The van der Waals surface area contributed by atoms with Gasteiger partial charge in [-0.3, -0.25) is 0 Å². The van der Waals surface area contributed by atoms with E-state index in [2.05, 4.69) is 4.65 Å². The normalized spacial score (nSPS) is 9.92. The monoisotopic (exact) mass is 170 g/mol. The van der Waals surface area contributed by atoms with Crippen LogP contribution in [-0.4, -0.2) is 17.4 Å². The molecule has 0 saturated heterocycles. The quantitative estimate of drug-likeness (QED) is 0.641. The summed E-state index contributed by atoms with van der Waals surface area (Å²) in [4.78, 5) is 0. The van der Waals surface area contributed by atoms with E-state index in [4.69, 9.17) is 10.0 Å². The lowest BCUT2D eigenvalue weighted by molar-refractivity contribution is 0.177. The van der Waals surface area contributed by atoms with Crippen molar-refractivity contribution in [3.05, 3.63) is 35.6 Å². The van der Waals surface area contributed by atoms with Gasteiger partial charge in [-0.05, 0) is 17.7 Å². The predicted octanol–water partition coefficient (Wildman–Crippen LogP) is 0.312. The zero-order chi connectivity index (χ0) is 8.97. The van der Waals surface area contributed by atoms with Gasteiger partial charge in [-0.25, -0.2) is 4.39 Å². The van der Waals surface area contributed by atoms with Gasteiger partial charge in [-0.1, -0.05) is 12.1 Å². The van der Waals surface area contributed by atoms with Gasteiger partial charge < -0.3 is 14.7 Å². The number of hydrogen-bond donors (Lipinski definition) is 2. The summed E-state index contributed by atoms with van der Waals surface area (Å²) in [5.74, 6) is -0.330. The highest BCUT2D eigenvalue weighted by Gasteiger charge is 2.07. The topological polar surface area (TPSA) is 49.7 Å². The third-order valence-corrected chi connectivity index (χ3v) is 1.31. The highest BCUT2D eigenvalue weighted by atomic mass is 19.1. The van der Waals surface area contributed by atoms with E-state index in [1.165, 1.54) is 24.3 Å². The zero-order valence-corrected chi connectivity index (χ0v) is 6.27. The second-order valence-electron chi connectivity index (χ2n) is 2.26. The third-order valence-electron chi connectivity index (χ3n) is 1.31. The van der Waals surface area contributed by atoms with Crippen molar-refractivity contribution < 1.29 is 19.1 Å². The van der Waals surface area contributed by atoms with Crippen LogP contribution in [0.15, 0.2) is 24.3 Å². The SMILES string of the molecule is OB(O)OCc1ccc(F)cc1. The molecule has 1 rings (SSSR count). The molecule has 12 heavy (non-hydrogen) atoms. The standard InChI is InChI=1S/C7H8BFO3/c9-7-3-1-6(2-4-7)5-12-8(10)11/h1-4,10-11H,5H2. The fraction of sp³-hybridized carbons (Fsp3) is 0.143. The van der Waals surface area contributed by atoms with Crippen molar-refractivity contribution in [3.63, 3.8) is 0 Å². The van der Waals surface area contributed by atoms with Gasteiger partial charge in [0.05, 0.1) is 6.61 Å². The molecular formula is C7H8BFO3. The molecule has 0 amide bonds. The van der Waals surface area contributed by atoms with Crippen LogP contribution in [0.2, 0.25) is 0 Å². The Bertz CT molecular complexity index is 237. The smallest absolute Gasteiger partial charge is 0.402 e. The minimum absolute atomic E-state index is 0.0535. The van der Waals surface area contributed by atoms with E-state index in [0.29, 0.717) is 5.56 Å². The van der Waals surface area contributed by atoms with Gasteiger partial charge in [0.1, 0.15) is 5.82 Å². The molecule has 0 atom stereocenters.